The molecule has 144 valence electrons. The van der Waals surface area contributed by atoms with E-state index in [9.17, 15) is 0 Å². The molecule has 0 aliphatic carbocycles. The molecular formula is C20H30IN3O2. The number of guanidine groups is 1. The first-order valence-electron chi connectivity index (χ1n) is 8.91. The zero-order chi connectivity index (χ0) is 17.9. The van der Waals surface area contributed by atoms with E-state index >= 15 is 0 Å². The van der Waals surface area contributed by atoms with Gasteiger partial charge in [0.05, 0.1) is 13.4 Å². The molecule has 0 fully saturated rings. The largest absolute Gasteiger partial charge is 0.497 e. The van der Waals surface area contributed by atoms with Gasteiger partial charge in [-0.3, -0.25) is 4.99 Å². The van der Waals surface area contributed by atoms with Crippen molar-refractivity contribution in [1.82, 2.24) is 10.6 Å². The van der Waals surface area contributed by atoms with Gasteiger partial charge in [0.25, 0.3) is 0 Å². The van der Waals surface area contributed by atoms with Gasteiger partial charge < -0.3 is 19.8 Å². The third kappa shape index (κ3) is 7.68. The van der Waals surface area contributed by atoms with Crippen molar-refractivity contribution in [3.63, 3.8) is 0 Å². The maximum Gasteiger partial charge on any atom is 0.191 e. The van der Waals surface area contributed by atoms with Gasteiger partial charge in [-0.1, -0.05) is 19.1 Å². The lowest BCUT2D eigenvalue weighted by atomic mass is 9.98. The Hall–Kier alpha value is -1.70. The number of methoxy groups -OCH3 is 1. The number of rotatable bonds is 9. The van der Waals surface area contributed by atoms with Gasteiger partial charge in [0, 0.05) is 26.1 Å². The molecule has 0 amide bonds. The minimum absolute atomic E-state index is 0. The van der Waals surface area contributed by atoms with Crippen molar-refractivity contribution in [3.8, 4) is 5.75 Å². The fourth-order valence-electron chi connectivity index (χ4n) is 2.57. The van der Waals surface area contributed by atoms with Crippen LogP contribution in [0.1, 0.15) is 37.5 Å². The summed E-state index contributed by atoms with van der Waals surface area (Å²) in [6.45, 7) is 6.73. The Morgan fingerprint density at radius 1 is 1.19 bits per heavy atom. The molecule has 1 unspecified atom stereocenters. The Balaban J connectivity index is 0.00000338. The Bertz CT molecular complexity index is 627. The Morgan fingerprint density at radius 2 is 1.96 bits per heavy atom. The molecule has 26 heavy (non-hydrogen) atoms. The van der Waals surface area contributed by atoms with Gasteiger partial charge in [-0.2, -0.15) is 0 Å². The average molecular weight is 471 g/mol. The molecule has 1 atom stereocenters. The first kappa shape index (κ1) is 22.3. The van der Waals surface area contributed by atoms with E-state index < -0.39 is 0 Å². The van der Waals surface area contributed by atoms with Crippen LogP contribution in [0.3, 0.4) is 0 Å². The molecule has 5 nitrogen and oxygen atoms in total. The normalized spacial score (nSPS) is 12.2. The Kier molecular flexibility index (Phi) is 10.8. The van der Waals surface area contributed by atoms with E-state index in [1.807, 2.05) is 24.3 Å². The molecule has 1 aromatic heterocycles. The van der Waals surface area contributed by atoms with E-state index in [0.717, 1.165) is 49.9 Å². The van der Waals surface area contributed by atoms with E-state index in [1.165, 1.54) is 5.56 Å². The molecule has 6 heteroatoms. The number of nitrogens with zero attached hydrogens (tertiary/aromatic N) is 1. The molecule has 0 saturated heterocycles. The van der Waals surface area contributed by atoms with Crippen LogP contribution in [0.2, 0.25) is 0 Å². The number of hydrogen-bond donors (Lipinski definition) is 2. The summed E-state index contributed by atoms with van der Waals surface area (Å²) >= 11 is 0. The predicted molar refractivity (Wildman–Crippen MR) is 118 cm³/mol. The number of ether oxygens (including phenoxy) is 1. The highest BCUT2D eigenvalue weighted by molar-refractivity contribution is 14.0. The topological polar surface area (TPSA) is 58.8 Å². The number of halogens is 1. The predicted octanol–water partition coefficient (Wildman–Crippen LogP) is 4.20. The van der Waals surface area contributed by atoms with Crippen LogP contribution in [0.15, 0.2) is 52.1 Å². The molecule has 1 heterocycles. The Labute approximate surface area is 173 Å². The first-order valence-corrected chi connectivity index (χ1v) is 8.91. The maximum atomic E-state index is 5.34. The van der Waals surface area contributed by atoms with Crippen LogP contribution in [-0.4, -0.2) is 32.7 Å². The molecule has 0 aliphatic heterocycles. The summed E-state index contributed by atoms with van der Waals surface area (Å²) < 4.78 is 10.6. The van der Waals surface area contributed by atoms with Crippen molar-refractivity contribution in [2.75, 3.05) is 26.7 Å². The van der Waals surface area contributed by atoms with E-state index in [2.05, 4.69) is 41.6 Å². The summed E-state index contributed by atoms with van der Waals surface area (Å²) in [7, 11) is 1.69. The molecule has 0 spiro atoms. The van der Waals surface area contributed by atoms with Crippen LogP contribution in [-0.2, 0) is 6.42 Å². The smallest absolute Gasteiger partial charge is 0.191 e. The highest BCUT2D eigenvalue weighted by Gasteiger charge is 2.06. The second kappa shape index (κ2) is 12.6. The van der Waals surface area contributed by atoms with E-state index in [-0.39, 0.29) is 24.0 Å². The quantitative estimate of drug-likeness (QED) is 0.327. The summed E-state index contributed by atoms with van der Waals surface area (Å²) in [5.41, 5.74) is 1.31. The minimum atomic E-state index is 0. The van der Waals surface area contributed by atoms with Crippen molar-refractivity contribution in [3.05, 3.63) is 54.0 Å². The van der Waals surface area contributed by atoms with Crippen LogP contribution in [0.4, 0.5) is 0 Å². The third-order valence-electron chi connectivity index (χ3n) is 4.11. The zero-order valence-corrected chi connectivity index (χ0v) is 18.2. The molecule has 0 saturated carbocycles. The third-order valence-corrected chi connectivity index (χ3v) is 4.11. The Morgan fingerprint density at radius 3 is 2.58 bits per heavy atom. The van der Waals surface area contributed by atoms with Crippen LogP contribution in [0, 0.1) is 0 Å². The number of nitrogens with one attached hydrogen (secondary N) is 2. The van der Waals surface area contributed by atoms with Crippen molar-refractivity contribution < 1.29 is 9.15 Å². The van der Waals surface area contributed by atoms with Gasteiger partial charge in [-0.25, -0.2) is 0 Å². The molecule has 0 aliphatic rings. The second-order valence-electron chi connectivity index (χ2n) is 5.98. The molecule has 2 N–H and O–H groups in total. The number of aliphatic imine (C=N–C) groups is 1. The lowest BCUT2D eigenvalue weighted by Crippen LogP contribution is -2.38. The molecule has 1 aromatic carbocycles. The van der Waals surface area contributed by atoms with Crippen molar-refractivity contribution in [2.45, 2.75) is 32.6 Å². The lowest BCUT2D eigenvalue weighted by molar-refractivity contribution is 0.414. The van der Waals surface area contributed by atoms with Crippen LogP contribution in [0.25, 0.3) is 0 Å². The first-order chi connectivity index (χ1) is 12.2. The number of furan rings is 1. The fourth-order valence-corrected chi connectivity index (χ4v) is 2.57. The number of hydrogen-bond acceptors (Lipinski definition) is 3. The highest BCUT2D eigenvalue weighted by atomic mass is 127. The van der Waals surface area contributed by atoms with Gasteiger partial charge in [0.1, 0.15) is 11.5 Å². The molecule has 0 radical (unpaired) electrons. The lowest BCUT2D eigenvalue weighted by Gasteiger charge is -2.13. The SMILES string of the molecule is CCNC(=NCCC(C)c1ccc(OC)cc1)NCCc1ccco1.I. The van der Waals surface area contributed by atoms with E-state index in [0.29, 0.717) is 5.92 Å². The number of benzene rings is 1. The maximum absolute atomic E-state index is 5.34. The summed E-state index contributed by atoms with van der Waals surface area (Å²) in [5.74, 6) is 3.19. The van der Waals surface area contributed by atoms with Crippen molar-refractivity contribution in [2.24, 2.45) is 4.99 Å². The van der Waals surface area contributed by atoms with E-state index in [1.54, 1.807) is 13.4 Å². The van der Waals surface area contributed by atoms with Crippen LogP contribution >= 0.6 is 24.0 Å². The molecule has 2 rings (SSSR count). The van der Waals surface area contributed by atoms with Crippen LogP contribution in [0.5, 0.6) is 5.75 Å². The standard InChI is InChI=1S/C20H29N3O2.HI/c1-4-21-20(23-14-12-19-6-5-15-25-19)22-13-11-16(2)17-7-9-18(24-3)10-8-17;/h5-10,15-16H,4,11-14H2,1-3H3,(H2,21,22,23);1H. The van der Waals surface area contributed by atoms with Gasteiger partial charge in [-0.15, -0.1) is 24.0 Å². The molecular weight excluding hydrogens is 441 g/mol. The summed E-state index contributed by atoms with van der Waals surface area (Å²) in [4.78, 5) is 4.67. The van der Waals surface area contributed by atoms with Crippen LogP contribution < -0.4 is 15.4 Å². The van der Waals surface area contributed by atoms with Gasteiger partial charge in [-0.05, 0) is 49.1 Å². The average Bonchev–Trinajstić information content (AvgIpc) is 3.15. The molecule has 2 aromatic rings. The monoisotopic (exact) mass is 471 g/mol. The van der Waals surface area contributed by atoms with Gasteiger partial charge in [0.15, 0.2) is 5.96 Å². The zero-order valence-electron chi connectivity index (χ0n) is 15.8. The summed E-state index contributed by atoms with van der Waals surface area (Å²) in [6.07, 6.45) is 3.55. The minimum Gasteiger partial charge on any atom is -0.497 e. The van der Waals surface area contributed by atoms with Crippen molar-refractivity contribution >= 4 is 29.9 Å². The second-order valence-corrected chi connectivity index (χ2v) is 5.98. The van der Waals surface area contributed by atoms with E-state index in [4.69, 9.17) is 9.15 Å². The summed E-state index contributed by atoms with van der Waals surface area (Å²) in [6, 6.07) is 12.2. The van der Waals surface area contributed by atoms with Crippen molar-refractivity contribution in [1.29, 1.82) is 0 Å². The summed E-state index contributed by atoms with van der Waals surface area (Å²) in [5, 5.41) is 6.63. The highest BCUT2D eigenvalue weighted by Crippen LogP contribution is 2.21. The van der Waals surface area contributed by atoms with Gasteiger partial charge >= 0.3 is 0 Å². The fraction of sp³-hybridized carbons (Fsp3) is 0.450. The van der Waals surface area contributed by atoms with Gasteiger partial charge in [0.2, 0.25) is 0 Å². The molecule has 0 bridgehead atoms.